The molecule has 17 aromatic carbocycles. The molecule has 0 bridgehead atoms. The van der Waals surface area contributed by atoms with Crippen LogP contribution in [0.25, 0.3) is 181 Å². The van der Waals surface area contributed by atoms with Gasteiger partial charge in [0.25, 0.3) is 0 Å². The van der Waals surface area contributed by atoms with Crippen molar-refractivity contribution in [2.24, 2.45) is 0 Å². The molecule has 0 fully saturated rings. The average Bonchev–Trinajstić information content (AvgIpc) is 1.34. The predicted octanol–water partition coefficient (Wildman–Crippen LogP) is 27.9. The lowest BCUT2D eigenvalue weighted by Crippen LogP contribution is -2.14. The summed E-state index contributed by atoms with van der Waals surface area (Å²) in [5.74, 6) is 0.934. The van der Waals surface area contributed by atoms with Gasteiger partial charge in [0.2, 0.25) is 0 Å². The van der Waals surface area contributed by atoms with Crippen molar-refractivity contribution in [1.29, 1.82) is 0 Å². The predicted molar refractivity (Wildman–Crippen MR) is 449 cm³/mol. The Morgan fingerprint density at radius 1 is 0.245 bits per heavy atom. The van der Waals surface area contributed by atoms with Crippen LogP contribution < -0.4 is 0 Å². The van der Waals surface area contributed by atoms with E-state index in [-0.39, 0.29) is 10.8 Å². The number of fused-ring (bicyclic) bond motifs is 12. The van der Waals surface area contributed by atoms with Gasteiger partial charge in [-0.3, -0.25) is 4.57 Å². The number of benzene rings is 17. The van der Waals surface area contributed by atoms with Crippen molar-refractivity contribution in [2.75, 3.05) is 0 Å². The highest BCUT2D eigenvalue weighted by atomic mass is 32.1. The van der Waals surface area contributed by atoms with E-state index in [0.29, 0.717) is 0 Å². The maximum atomic E-state index is 5.16. The largest absolute Gasteiger partial charge is 0.292 e. The van der Waals surface area contributed by atoms with E-state index in [0.717, 1.165) is 44.2 Å². The molecule has 0 saturated heterocycles. The molecule has 0 unspecified atom stereocenters. The third-order valence-corrected chi connectivity index (χ3v) is 23.8. The van der Waals surface area contributed by atoms with Crippen LogP contribution in [0.15, 0.2) is 358 Å². The molecule has 2 aliphatic rings. The van der Waals surface area contributed by atoms with Crippen LogP contribution >= 0.6 is 11.3 Å². The Balaban J connectivity index is 0.000000141. The lowest BCUT2D eigenvalue weighted by atomic mass is 9.80. The van der Waals surface area contributed by atoms with E-state index in [1.807, 2.05) is 0 Å². The summed E-state index contributed by atoms with van der Waals surface area (Å²) in [5.41, 5.74) is 32.1. The topological polar surface area (TPSA) is 30.7 Å². The summed E-state index contributed by atoms with van der Waals surface area (Å²) in [6.07, 6.45) is 0. The van der Waals surface area contributed by atoms with Crippen LogP contribution in [0.4, 0.5) is 0 Å². The zero-order valence-electron chi connectivity index (χ0n) is 59.3. The molecule has 3 nitrogen and oxygen atoms in total. The van der Waals surface area contributed by atoms with Gasteiger partial charge >= 0.3 is 0 Å². The summed E-state index contributed by atoms with van der Waals surface area (Å²) in [6, 6.07) is 131. The number of rotatable bonds is 9. The highest BCUT2D eigenvalue weighted by molar-refractivity contribution is 7.21. The third kappa shape index (κ3) is 10.2. The molecule has 0 spiro atoms. The van der Waals surface area contributed by atoms with Gasteiger partial charge < -0.3 is 0 Å². The Morgan fingerprint density at radius 2 is 0.613 bits per heavy atom. The van der Waals surface area contributed by atoms with Crippen molar-refractivity contribution >= 4 is 75.7 Å². The minimum Gasteiger partial charge on any atom is -0.292 e. The van der Waals surface area contributed by atoms with Crippen molar-refractivity contribution in [3.05, 3.63) is 380 Å². The fourth-order valence-electron chi connectivity index (χ4n) is 17.6. The first-order chi connectivity index (χ1) is 52.1. The number of aromatic nitrogens is 3. The van der Waals surface area contributed by atoms with Crippen molar-refractivity contribution < 1.29 is 0 Å². The van der Waals surface area contributed by atoms with Gasteiger partial charge in [-0.25, -0.2) is 9.97 Å². The van der Waals surface area contributed by atoms with Gasteiger partial charge in [-0.05, 0) is 215 Å². The Kier molecular flexibility index (Phi) is 14.8. The molecule has 500 valence electrons. The number of hydrogen-bond acceptors (Lipinski definition) is 3. The van der Waals surface area contributed by atoms with E-state index < -0.39 is 0 Å². The van der Waals surface area contributed by atoms with E-state index >= 15 is 0 Å². The summed E-state index contributed by atoms with van der Waals surface area (Å²) >= 11 is 1.75. The van der Waals surface area contributed by atoms with Crippen LogP contribution in [0.1, 0.15) is 49.9 Å². The van der Waals surface area contributed by atoms with Crippen LogP contribution in [-0.4, -0.2) is 14.5 Å². The van der Waals surface area contributed by atoms with E-state index in [4.69, 9.17) is 9.97 Å². The van der Waals surface area contributed by atoms with Crippen LogP contribution in [-0.2, 0) is 10.8 Å². The highest BCUT2D eigenvalue weighted by Crippen LogP contribution is 2.55. The van der Waals surface area contributed by atoms with Crippen LogP contribution in [0.3, 0.4) is 0 Å². The Hall–Kier alpha value is -12.9. The van der Waals surface area contributed by atoms with Crippen molar-refractivity contribution in [2.45, 2.75) is 38.5 Å². The number of nitrogens with zero attached hydrogens (tertiary/aromatic N) is 3. The molecule has 0 atom stereocenters. The SMILES string of the molecule is CC1(C)c2ccccc2-c2ccc(-c3c4ccccc4c(-c4ccc(-c5nc6ccccc6n5-c5ccccc5)cc4)c4ccc(-c5ccccc5)cc34)cc21.CC1(C)c2ccccc2-c2ccc(-c3c4ccccc4c(-c4ccc(-c5nc6ccccc6s5)cc4)c4ccc(-c5ccccc5)cc34)cc21. The summed E-state index contributed by atoms with van der Waals surface area (Å²) in [5, 5.41) is 11.1. The average molecular weight is 1370 g/mol. The van der Waals surface area contributed by atoms with Gasteiger partial charge in [0.05, 0.1) is 21.3 Å². The Labute approximate surface area is 621 Å². The maximum absolute atomic E-state index is 5.16. The molecule has 2 heterocycles. The lowest BCUT2D eigenvalue weighted by molar-refractivity contribution is 0.660. The Morgan fingerprint density at radius 3 is 1.11 bits per heavy atom. The molecule has 21 rings (SSSR count). The molecule has 0 amide bonds. The molecule has 106 heavy (non-hydrogen) atoms. The smallest absolute Gasteiger partial charge is 0.145 e. The van der Waals surface area contributed by atoms with E-state index in [2.05, 4.69) is 390 Å². The minimum absolute atomic E-state index is 0.0757. The molecule has 4 heteroatoms. The van der Waals surface area contributed by atoms with Crippen LogP contribution in [0.5, 0.6) is 0 Å². The third-order valence-electron chi connectivity index (χ3n) is 22.7. The molecule has 0 saturated carbocycles. The first-order valence-electron chi connectivity index (χ1n) is 36.8. The van der Waals surface area contributed by atoms with Gasteiger partial charge in [-0.15, -0.1) is 11.3 Å². The summed E-state index contributed by atoms with van der Waals surface area (Å²) in [7, 11) is 0. The number of para-hydroxylation sites is 4. The van der Waals surface area contributed by atoms with Crippen LogP contribution in [0, 0.1) is 0 Å². The fourth-order valence-corrected chi connectivity index (χ4v) is 18.5. The molecule has 19 aromatic rings. The molecule has 0 N–H and O–H groups in total. The first kappa shape index (κ1) is 62.9. The molecule has 0 radical (unpaired) electrons. The summed E-state index contributed by atoms with van der Waals surface area (Å²) in [4.78, 5) is 10.1. The minimum atomic E-state index is -0.0918. The number of thiazole rings is 1. The van der Waals surface area contributed by atoms with Gasteiger partial charge in [0, 0.05) is 27.6 Å². The number of hydrogen-bond donors (Lipinski definition) is 0. The normalized spacial score (nSPS) is 13.1. The van der Waals surface area contributed by atoms with E-state index in [9.17, 15) is 0 Å². The van der Waals surface area contributed by atoms with E-state index in [1.165, 1.54) is 159 Å². The molecule has 2 aromatic heterocycles. The molecule has 2 aliphatic carbocycles. The molecule has 0 aliphatic heterocycles. The second-order valence-electron chi connectivity index (χ2n) is 29.4. The zero-order valence-corrected chi connectivity index (χ0v) is 60.1. The molecular weight excluding hydrogens is 1300 g/mol. The van der Waals surface area contributed by atoms with Crippen molar-refractivity contribution in [1.82, 2.24) is 14.5 Å². The quantitative estimate of drug-likeness (QED) is 0.135. The van der Waals surface area contributed by atoms with Gasteiger partial charge in [0.15, 0.2) is 0 Å². The second kappa shape index (κ2) is 25.0. The fraction of sp³-hybridized carbons (Fsp3) is 0.0588. The standard InChI is InChI=1S/C54H38N2.C48H33NS/c1-54(2)47-22-12-11-19-41(47)42-31-30-39(34-48(42)54)52-44-21-10-9-20-43(44)51(45-32-29-38(33-46(45)52)35-15-5-3-6-16-35)36-25-27-37(28-26-36)53-55-49-23-13-14-24-50(49)56(53)40-17-7-4-8-18-40;1-48(2)41-17-9-8-14-35(41)36-26-25-34(29-42(36)48)46-38-16-7-6-15-37(38)45(39-27-24-33(28-40(39)46)30-12-4-3-5-13-30)31-20-22-32(23-21-31)47-49-43-18-10-11-19-44(43)50-47/h3-34H,1-2H3;3-29H,1-2H3. The van der Waals surface area contributed by atoms with Crippen molar-refractivity contribution in [3.8, 4) is 117 Å². The van der Waals surface area contributed by atoms with Gasteiger partial charge in [0.1, 0.15) is 10.8 Å². The van der Waals surface area contributed by atoms with Gasteiger partial charge in [-0.2, -0.15) is 0 Å². The zero-order chi connectivity index (χ0) is 70.8. The molecular formula is C102H71N3S. The Bertz CT molecular complexity index is 6690. The van der Waals surface area contributed by atoms with Crippen molar-refractivity contribution in [3.63, 3.8) is 0 Å². The summed E-state index contributed by atoms with van der Waals surface area (Å²) < 4.78 is 3.48. The number of imidazole rings is 1. The monoisotopic (exact) mass is 1370 g/mol. The van der Waals surface area contributed by atoms with E-state index in [1.54, 1.807) is 11.3 Å². The summed E-state index contributed by atoms with van der Waals surface area (Å²) in [6.45, 7) is 9.47. The highest BCUT2D eigenvalue weighted by Gasteiger charge is 2.37. The second-order valence-corrected chi connectivity index (χ2v) is 30.5. The first-order valence-corrected chi connectivity index (χ1v) is 37.6. The van der Waals surface area contributed by atoms with Crippen LogP contribution in [0.2, 0.25) is 0 Å². The lowest BCUT2D eigenvalue weighted by Gasteiger charge is -2.23. The van der Waals surface area contributed by atoms with Gasteiger partial charge in [-0.1, -0.05) is 325 Å². The maximum Gasteiger partial charge on any atom is 0.145 e.